The molecule has 1 aromatic rings. The summed E-state index contributed by atoms with van der Waals surface area (Å²) in [5.74, 6) is 0.313. The summed E-state index contributed by atoms with van der Waals surface area (Å²) in [5, 5.41) is 8.99. The molecule has 0 radical (unpaired) electrons. The largest absolute Gasteiger partial charge is 0.478 e. The number of aromatic carboxylic acids is 1. The molecule has 3 nitrogen and oxygen atoms in total. The second-order valence-electron chi connectivity index (χ2n) is 4.23. The summed E-state index contributed by atoms with van der Waals surface area (Å²) in [7, 11) is 0. The number of fused-ring (bicyclic) bond motifs is 1. The second kappa shape index (κ2) is 5.45. The van der Waals surface area contributed by atoms with Crippen molar-refractivity contribution in [3.8, 4) is 0 Å². The highest BCUT2D eigenvalue weighted by molar-refractivity contribution is 7.98. The van der Waals surface area contributed by atoms with Gasteiger partial charge in [0.05, 0.1) is 5.56 Å². The highest BCUT2D eigenvalue weighted by Crippen LogP contribution is 2.29. The molecule has 0 fully saturated rings. The molecular formula is C13H17NO2S. The Morgan fingerprint density at radius 2 is 2.35 bits per heavy atom. The maximum Gasteiger partial charge on any atom is 0.335 e. The van der Waals surface area contributed by atoms with E-state index in [1.165, 1.54) is 5.56 Å². The van der Waals surface area contributed by atoms with Crippen LogP contribution in [0.25, 0.3) is 0 Å². The first-order valence-electron chi connectivity index (χ1n) is 5.82. The zero-order chi connectivity index (χ0) is 12.3. The molecule has 1 N–H and O–H groups in total. The SMILES string of the molecule is CSCCCN1CCc2ccc(C(=O)O)cc21. The van der Waals surface area contributed by atoms with E-state index in [1.54, 1.807) is 6.07 Å². The van der Waals surface area contributed by atoms with Crippen molar-refractivity contribution in [1.82, 2.24) is 0 Å². The summed E-state index contributed by atoms with van der Waals surface area (Å²) in [6.07, 6.45) is 4.30. The molecule has 0 saturated carbocycles. The lowest BCUT2D eigenvalue weighted by molar-refractivity contribution is 0.0697. The average molecular weight is 251 g/mol. The van der Waals surface area contributed by atoms with Crippen LogP contribution in [0.4, 0.5) is 5.69 Å². The number of benzene rings is 1. The summed E-state index contributed by atoms with van der Waals surface area (Å²) in [5.41, 5.74) is 2.78. The minimum absolute atomic E-state index is 0.389. The third kappa shape index (κ3) is 2.75. The Morgan fingerprint density at radius 3 is 3.06 bits per heavy atom. The number of nitrogens with zero attached hydrogens (tertiary/aromatic N) is 1. The Kier molecular flexibility index (Phi) is 3.94. The monoisotopic (exact) mass is 251 g/mol. The minimum Gasteiger partial charge on any atom is -0.478 e. The number of hydrogen-bond donors (Lipinski definition) is 1. The molecule has 0 amide bonds. The van der Waals surface area contributed by atoms with E-state index >= 15 is 0 Å². The smallest absolute Gasteiger partial charge is 0.335 e. The van der Waals surface area contributed by atoms with E-state index in [2.05, 4.69) is 11.2 Å². The molecule has 1 heterocycles. The molecule has 1 aliphatic rings. The molecule has 0 spiro atoms. The number of anilines is 1. The molecule has 92 valence electrons. The quantitative estimate of drug-likeness (QED) is 0.816. The molecule has 0 unspecified atom stereocenters. The van der Waals surface area contributed by atoms with Crippen molar-refractivity contribution in [1.29, 1.82) is 0 Å². The third-order valence-corrected chi connectivity index (χ3v) is 3.80. The molecule has 1 aromatic carbocycles. The zero-order valence-electron chi connectivity index (χ0n) is 9.98. The van der Waals surface area contributed by atoms with Gasteiger partial charge in [-0.3, -0.25) is 0 Å². The van der Waals surface area contributed by atoms with E-state index in [0.29, 0.717) is 5.56 Å². The number of carboxylic acids is 1. The zero-order valence-corrected chi connectivity index (χ0v) is 10.8. The van der Waals surface area contributed by atoms with Gasteiger partial charge in [-0.15, -0.1) is 0 Å². The molecule has 0 bridgehead atoms. The Balaban J connectivity index is 2.12. The Bertz CT molecular complexity index is 420. The number of rotatable bonds is 5. The number of carboxylic acid groups (broad SMARTS) is 1. The fourth-order valence-corrected chi connectivity index (χ4v) is 2.63. The molecule has 0 saturated heterocycles. The maximum atomic E-state index is 10.9. The van der Waals surface area contributed by atoms with Gasteiger partial charge in [-0.1, -0.05) is 6.07 Å². The minimum atomic E-state index is -0.844. The summed E-state index contributed by atoms with van der Waals surface area (Å²) in [6.45, 7) is 2.05. The Morgan fingerprint density at radius 1 is 1.53 bits per heavy atom. The van der Waals surface area contributed by atoms with Gasteiger partial charge in [0, 0.05) is 18.8 Å². The van der Waals surface area contributed by atoms with E-state index in [-0.39, 0.29) is 0 Å². The van der Waals surface area contributed by atoms with Crippen molar-refractivity contribution in [2.24, 2.45) is 0 Å². The van der Waals surface area contributed by atoms with Crippen LogP contribution in [0.1, 0.15) is 22.3 Å². The van der Waals surface area contributed by atoms with Crippen LogP contribution in [-0.2, 0) is 6.42 Å². The van der Waals surface area contributed by atoms with E-state index < -0.39 is 5.97 Å². The first-order chi connectivity index (χ1) is 8.22. The van der Waals surface area contributed by atoms with Crippen molar-refractivity contribution < 1.29 is 9.90 Å². The standard InChI is InChI=1S/C13H17NO2S/c1-17-8-2-6-14-7-5-10-3-4-11(13(15)16)9-12(10)14/h3-4,9H,2,5-8H2,1H3,(H,15,16). The lowest BCUT2D eigenvalue weighted by Crippen LogP contribution is -2.22. The first kappa shape index (κ1) is 12.3. The van der Waals surface area contributed by atoms with E-state index in [1.807, 2.05) is 23.9 Å². The van der Waals surface area contributed by atoms with Gasteiger partial charge >= 0.3 is 5.97 Å². The van der Waals surface area contributed by atoms with Gasteiger partial charge in [0.1, 0.15) is 0 Å². The second-order valence-corrected chi connectivity index (χ2v) is 5.22. The van der Waals surface area contributed by atoms with Crippen molar-refractivity contribution in [2.75, 3.05) is 30.0 Å². The number of carbonyl (C=O) groups is 1. The van der Waals surface area contributed by atoms with Crippen molar-refractivity contribution in [3.63, 3.8) is 0 Å². The number of hydrogen-bond acceptors (Lipinski definition) is 3. The van der Waals surface area contributed by atoms with Crippen LogP contribution >= 0.6 is 11.8 Å². The van der Waals surface area contributed by atoms with Gasteiger partial charge in [-0.2, -0.15) is 11.8 Å². The molecule has 0 aromatic heterocycles. The fraction of sp³-hybridized carbons (Fsp3) is 0.462. The normalized spacial score (nSPS) is 13.8. The summed E-state index contributed by atoms with van der Waals surface area (Å²) in [4.78, 5) is 13.2. The van der Waals surface area contributed by atoms with E-state index in [9.17, 15) is 4.79 Å². The van der Waals surface area contributed by atoms with Crippen molar-refractivity contribution in [3.05, 3.63) is 29.3 Å². The van der Waals surface area contributed by atoms with Gasteiger partial charge in [0.15, 0.2) is 0 Å². The van der Waals surface area contributed by atoms with Crippen LogP contribution in [0.2, 0.25) is 0 Å². The van der Waals surface area contributed by atoms with Crippen LogP contribution in [-0.4, -0.2) is 36.2 Å². The van der Waals surface area contributed by atoms with E-state index in [4.69, 9.17) is 5.11 Å². The average Bonchev–Trinajstić information content (AvgIpc) is 2.72. The van der Waals surface area contributed by atoms with Gasteiger partial charge in [0.25, 0.3) is 0 Å². The molecule has 4 heteroatoms. The molecule has 0 aliphatic carbocycles. The fourth-order valence-electron chi connectivity index (χ4n) is 2.21. The predicted molar refractivity (Wildman–Crippen MR) is 72.3 cm³/mol. The van der Waals surface area contributed by atoms with Crippen LogP contribution in [0.3, 0.4) is 0 Å². The molecule has 17 heavy (non-hydrogen) atoms. The van der Waals surface area contributed by atoms with Gasteiger partial charge in [-0.25, -0.2) is 4.79 Å². The highest BCUT2D eigenvalue weighted by Gasteiger charge is 2.19. The molecule has 1 aliphatic heterocycles. The molecular weight excluding hydrogens is 234 g/mol. The van der Waals surface area contributed by atoms with Gasteiger partial charge in [0.2, 0.25) is 0 Å². The lowest BCUT2D eigenvalue weighted by atomic mass is 10.1. The van der Waals surface area contributed by atoms with Crippen LogP contribution < -0.4 is 4.90 Å². The topological polar surface area (TPSA) is 40.5 Å². The van der Waals surface area contributed by atoms with Gasteiger partial charge in [-0.05, 0) is 42.5 Å². The van der Waals surface area contributed by atoms with Crippen LogP contribution in [0, 0.1) is 0 Å². The maximum absolute atomic E-state index is 10.9. The highest BCUT2D eigenvalue weighted by atomic mass is 32.2. The number of thioether (sulfide) groups is 1. The van der Waals surface area contributed by atoms with E-state index in [0.717, 1.165) is 37.4 Å². The van der Waals surface area contributed by atoms with Crippen LogP contribution in [0.5, 0.6) is 0 Å². The molecule has 0 atom stereocenters. The van der Waals surface area contributed by atoms with Crippen molar-refractivity contribution in [2.45, 2.75) is 12.8 Å². The summed E-state index contributed by atoms with van der Waals surface area (Å²) in [6, 6.07) is 5.46. The Labute approximate surface area is 106 Å². The summed E-state index contributed by atoms with van der Waals surface area (Å²) >= 11 is 1.85. The first-order valence-corrected chi connectivity index (χ1v) is 7.22. The van der Waals surface area contributed by atoms with Crippen LogP contribution in [0.15, 0.2) is 18.2 Å². The molecule has 2 rings (SSSR count). The van der Waals surface area contributed by atoms with Crippen molar-refractivity contribution >= 4 is 23.4 Å². The lowest BCUT2D eigenvalue weighted by Gasteiger charge is -2.19. The third-order valence-electron chi connectivity index (χ3n) is 3.10. The van der Waals surface area contributed by atoms with Gasteiger partial charge < -0.3 is 10.0 Å². The Hall–Kier alpha value is -1.16. The summed E-state index contributed by atoms with van der Waals surface area (Å²) < 4.78 is 0. The predicted octanol–water partition coefficient (Wildman–Crippen LogP) is 2.50.